The van der Waals surface area contributed by atoms with Crippen LogP contribution >= 0.6 is 0 Å². The number of rotatable bonds is 3. The maximum Gasteiger partial charge on any atom is 0.272 e. The van der Waals surface area contributed by atoms with Crippen molar-refractivity contribution in [3.8, 4) is 0 Å². The van der Waals surface area contributed by atoms with Gasteiger partial charge in [0.05, 0.1) is 4.92 Å². The molecule has 1 N–H and O–H groups in total. The molecule has 1 aromatic carbocycles. The molecule has 0 radical (unpaired) electrons. The lowest BCUT2D eigenvalue weighted by Gasteiger charge is -2.28. The fourth-order valence-corrected chi connectivity index (χ4v) is 2.59. The Balaban J connectivity index is 2.10. The molecule has 1 aliphatic heterocycles. The summed E-state index contributed by atoms with van der Waals surface area (Å²) >= 11 is 0. The summed E-state index contributed by atoms with van der Waals surface area (Å²) in [6.45, 7) is 5.15. The molecular weight excluding hydrogens is 228 g/mol. The maximum atomic E-state index is 10.9. The second-order valence-electron chi connectivity index (χ2n) is 5.31. The summed E-state index contributed by atoms with van der Waals surface area (Å²) in [5.74, 6) is 0.743. The molecule has 1 saturated heterocycles. The third kappa shape index (κ3) is 2.88. The van der Waals surface area contributed by atoms with E-state index in [1.165, 1.54) is 6.42 Å². The minimum atomic E-state index is -0.296. The van der Waals surface area contributed by atoms with Crippen LogP contribution in [0.4, 0.5) is 5.69 Å². The van der Waals surface area contributed by atoms with Crippen molar-refractivity contribution in [1.29, 1.82) is 0 Å². The second-order valence-corrected chi connectivity index (χ2v) is 5.31. The Hall–Kier alpha value is -1.42. The van der Waals surface area contributed by atoms with Gasteiger partial charge in [0.2, 0.25) is 0 Å². The Kier molecular flexibility index (Phi) is 3.97. The van der Waals surface area contributed by atoms with E-state index in [4.69, 9.17) is 0 Å². The van der Waals surface area contributed by atoms with Crippen LogP contribution in [0, 0.1) is 23.0 Å². The molecule has 2 unspecified atom stereocenters. The van der Waals surface area contributed by atoms with Gasteiger partial charge in [-0.05, 0) is 44.2 Å². The Morgan fingerprint density at radius 1 is 1.44 bits per heavy atom. The van der Waals surface area contributed by atoms with Crippen LogP contribution in [0.1, 0.15) is 30.9 Å². The first-order valence-corrected chi connectivity index (χ1v) is 6.54. The number of hydrogen-bond acceptors (Lipinski definition) is 3. The van der Waals surface area contributed by atoms with Gasteiger partial charge in [-0.15, -0.1) is 0 Å². The molecule has 18 heavy (non-hydrogen) atoms. The molecule has 1 aromatic rings. The highest BCUT2D eigenvalue weighted by atomic mass is 16.6. The molecule has 98 valence electrons. The molecule has 0 saturated carbocycles. The van der Waals surface area contributed by atoms with Crippen molar-refractivity contribution < 1.29 is 4.92 Å². The summed E-state index contributed by atoms with van der Waals surface area (Å²) in [6.07, 6.45) is 3.29. The first kappa shape index (κ1) is 13.0. The van der Waals surface area contributed by atoms with Crippen molar-refractivity contribution in [2.24, 2.45) is 5.92 Å². The van der Waals surface area contributed by atoms with E-state index in [-0.39, 0.29) is 10.6 Å². The van der Waals surface area contributed by atoms with Gasteiger partial charge in [0.25, 0.3) is 5.69 Å². The Labute approximate surface area is 108 Å². The summed E-state index contributed by atoms with van der Waals surface area (Å²) in [6, 6.07) is 5.82. The van der Waals surface area contributed by atoms with Crippen LogP contribution in [-0.2, 0) is 6.42 Å². The van der Waals surface area contributed by atoms with Gasteiger partial charge in [0.15, 0.2) is 0 Å². The number of nitro groups is 1. The zero-order chi connectivity index (χ0) is 13.1. The number of nitrogens with one attached hydrogen (secondary N) is 1. The van der Waals surface area contributed by atoms with Gasteiger partial charge in [-0.1, -0.05) is 19.1 Å². The van der Waals surface area contributed by atoms with E-state index < -0.39 is 0 Å². The molecule has 2 atom stereocenters. The van der Waals surface area contributed by atoms with Crippen LogP contribution in [0.2, 0.25) is 0 Å². The fourth-order valence-electron chi connectivity index (χ4n) is 2.59. The quantitative estimate of drug-likeness (QED) is 0.661. The Morgan fingerprint density at radius 2 is 2.22 bits per heavy atom. The fraction of sp³-hybridized carbons (Fsp3) is 0.571. The predicted octanol–water partition coefficient (Wildman–Crippen LogP) is 2.83. The standard InChI is InChI=1S/C14H20N2O2/c1-10-6-7-13(15-9-10)8-12-4-3-5-14(11(12)2)16(17)18/h3-5,10,13,15H,6-9H2,1-2H3. The van der Waals surface area contributed by atoms with E-state index in [0.717, 1.165) is 36.4 Å². The van der Waals surface area contributed by atoms with E-state index in [2.05, 4.69) is 12.2 Å². The minimum Gasteiger partial charge on any atom is -0.313 e. The molecule has 0 amide bonds. The zero-order valence-electron chi connectivity index (χ0n) is 11.0. The molecule has 0 bridgehead atoms. The highest BCUT2D eigenvalue weighted by Gasteiger charge is 2.20. The van der Waals surface area contributed by atoms with Gasteiger partial charge in [-0.25, -0.2) is 0 Å². The van der Waals surface area contributed by atoms with Gasteiger partial charge in [0.1, 0.15) is 0 Å². The molecule has 0 aliphatic carbocycles. The van der Waals surface area contributed by atoms with Crippen molar-refractivity contribution in [2.45, 2.75) is 39.2 Å². The molecule has 2 rings (SSSR count). The van der Waals surface area contributed by atoms with Gasteiger partial charge in [0, 0.05) is 17.7 Å². The Bertz CT molecular complexity index is 437. The normalized spacial score (nSPS) is 23.9. The van der Waals surface area contributed by atoms with E-state index in [1.54, 1.807) is 12.1 Å². The summed E-state index contributed by atoms with van der Waals surface area (Å²) < 4.78 is 0. The van der Waals surface area contributed by atoms with Crippen molar-refractivity contribution in [1.82, 2.24) is 5.32 Å². The van der Waals surface area contributed by atoms with Crippen molar-refractivity contribution in [3.63, 3.8) is 0 Å². The van der Waals surface area contributed by atoms with Crippen LogP contribution in [0.5, 0.6) is 0 Å². The SMILES string of the molecule is Cc1c(CC2CCC(C)CN2)cccc1[N+](=O)[O-]. The summed E-state index contributed by atoms with van der Waals surface area (Å²) in [7, 11) is 0. The van der Waals surface area contributed by atoms with Gasteiger partial charge in [-0.3, -0.25) is 10.1 Å². The van der Waals surface area contributed by atoms with Crippen LogP contribution < -0.4 is 5.32 Å². The zero-order valence-corrected chi connectivity index (χ0v) is 11.0. The molecule has 0 spiro atoms. The smallest absolute Gasteiger partial charge is 0.272 e. The highest BCUT2D eigenvalue weighted by molar-refractivity contribution is 5.44. The molecule has 0 aromatic heterocycles. The van der Waals surface area contributed by atoms with Crippen LogP contribution in [0.15, 0.2) is 18.2 Å². The largest absolute Gasteiger partial charge is 0.313 e. The van der Waals surface area contributed by atoms with Crippen LogP contribution in [-0.4, -0.2) is 17.5 Å². The maximum absolute atomic E-state index is 10.9. The third-order valence-corrected chi connectivity index (χ3v) is 3.84. The van der Waals surface area contributed by atoms with Crippen LogP contribution in [0.3, 0.4) is 0 Å². The summed E-state index contributed by atoms with van der Waals surface area (Å²) in [5, 5.41) is 14.4. The van der Waals surface area contributed by atoms with E-state index in [0.29, 0.717) is 6.04 Å². The van der Waals surface area contributed by atoms with E-state index >= 15 is 0 Å². The molecule has 4 nitrogen and oxygen atoms in total. The van der Waals surface area contributed by atoms with Gasteiger partial charge in [-0.2, -0.15) is 0 Å². The Morgan fingerprint density at radius 3 is 2.83 bits per heavy atom. The molecule has 1 aliphatic rings. The summed E-state index contributed by atoms with van der Waals surface area (Å²) in [4.78, 5) is 10.6. The van der Waals surface area contributed by atoms with Crippen molar-refractivity contribution >= 4 is 5.69 Å². The third-order valence-electron chi connectivity index (χ3n) is 3.84. The first-order valence-electron chi connectivity index (χ1n) is 6.54. The average molecular weight is 248 g/mol. The number of piperidine rings is 1. The van der Waals surface area contributed by atoms with Crippen molar-refractivity contribution in [2.75, 3.05) is 6.54 Å². The topological polar surface area (TPSA) is 55.2 Å². The average Bonchev–Trinajstić information content (AvgIpc) is 2.34. The first-order chi connectivity index (χ1) is 8.58. The molecular formula is C14H20N2O2. The number of nitrogens with zero attached hydrogens (tertiary/aromatic N) is 1. The van der Waals surface area contributed by atoms with Crippen LogP contribution in [0.25, 0.3) is 0 Å². The van der Waals surface area contributed by atoms with E-state index in [9.17, 15) is 10.1 Å². The number of nitro benzene ring substituents is 1. The highest BCUT2D eigenvalue weighted by Crippen LogP contribution is 2.24. The molecule has 1 heterocycles. The second kappa shape index (κ2) is 5.48. The molecule has 4 heteroatoms. The van der Waals surface area contributed by atoms with Crippen molar-refractivity contribution in [3.05, 3.63) is 39.4 Å². The lowest BCUT2D eigenvalue weighted by molar-refractivity contribution is -0.385. The van der Waals surface area contributed by atoms with E-state index in [1.807, 2.05) is 13.0 Å². The van der Waals surface area contributed by atoms with Gasteiger partial charge >= 0.3 is 0 Å². The lowest BCUT2D eigenvalue weighted by Crippen LogP contribution is -2.39. The predicted molar refractivity (Wildman–Crippen MR) is 71.7 cm³/mol. The lowest BCUT2D eigenvalue weighted by atomic mass is 9.91. The number of hydrogen-bond donors (Lipinski definition) is 1. The van der Waals surface area contributed by atoms with Gasteiger partial charge < -0.3 is 5.32 Å². The minimum absolute atomic E-state index is 0.233. The monoisotopic (exact) mass is 248 g/mol. The summed E-state index contributed by atoms with van der Waals surface area (Å²) in [5.41, 5.74) is 2.14. The molecule has 1 fully saturated rings. The number of benzene rings is 1.